The van der Waals surface area contributed by atoms with Gasteiger partial charge in [-0.05, 0) is 12.3 Å². The fourth-order valence-electron chi connectivity index (χ4n) is 0.653. The lowest BCUT2D eigenvalue weighted by Gasteiger charge is -1.79. The summed E-state index contributed by atoms with van der Waals surface area (Å²) in [6.45, 7) is 0.273. The van der Waals surface area contributed by atoms with Crippen molar-refractivity contribution in [2.45, 2.75) is 6.42 Å². The van der Waals surface area contributed by atoms with Crippen molar-refractivity contribution in [3.63, 3.8) is 0 Å². The van der Waals surface area contributed by atoms with Crippen LogP contribution in [0.5, 0.6) is 0 Å². The molecule has 38 valence electrons. The largest absolute Gasteiger partial charge is 0.396 e. The van der Waals surface area contributed by atoms with E-state index < -0.39 is 0 Å². The predicted molar refractivity (Wildman–Crippen MR) is 27.5 cm³/mol. The van der Waals surface area contributed by atoms with E-state index in [2.05, 4.69) is 5.92 Å². The maximum Gasteiger partial charge on any atom is 0.0471 e. The second-order valence-corrected chi connectivity index (χ2v) is 1.95. The fourth-order valence-corrected chi connectivity index (χ4v) is 0.653. The van der Waals surface area contributed by atoms with Crippen LogP contribution in [-0.2, 0) is 0 Å². The third-order valence-corrected chi connectivity index (χ3v) is 1.37. The number of aliphatic hydroxyl groups excluding tert-OH is 1. The summed E-state index contributed by atoms with van der Waals surface area (Å²) >= 11 is 0. The minimum Gasteiger partial charge on any atom is -0.396 e. The highest BCUT2D eigenvalue weighted by molar-refractivity contribution is 5.06. The topological polar surface area (TPSA) is 20.2 Å². The Morgan fingerprint density at radius 3 is 2.71 bits per heavy atom. The van der Waals surface area contributed by atoms with Crippen molar-refractivity contribution in [2.75, 3.05) is 6.61 Å². The van der Waals surface area contributed by atoms with Crippen molar-refractivity contribution in [3.05, 3.63) is 0 Å². The number of aliphatic hydroxyl groups is 1. The first-order valence-corrected chi connectivity index (χ1v) is 2.45. The molecule has 0 radical (unpaired) electrons. The number of terminal acetylenes is 1. The van der Waals surface area contributed by atoms with Gasteiger partial charge in [-0.25, -0.2) is 0 Å². The average Bonchev–Trinajstić information content (AvgIpc) is 2.43. The molecule has 1 heteroatoms. The first-order valence-electron chi connectivity index (χ1n) is 2.45. The molecular weight excluding hydrogens is 88.1 g/mol. The van der Waals surface area contributed by atoms with Crippen molar-refractivity contribution in [2.24, 2.45) is 11.8 Å². The summed E-state index contributed by atoms with van der Waals surface area (Å²) in [7, 11) is 0. The van der Waals surface area contributed by atoms with Crippen molar-refractivity contribution in [1.29, 1.82) is 0 Å². The van der Waals surface area contributed by atoms with Gasteiger partial charge in [-0.3, -0.25) is 0 Å². The van der Waals surface area contributed by atoms with Crippen LogP contribution < -0.4 is 0 Å². The highest BCUT2D eigenvalue weighted by atomic mass is 16.3. The molecule has 0 aromatic carbocycles. The average molecular weight is 96.1 g/mol. The van der Waals surface area contributed by atoms with Crippen molar-refractivity contribution >= 4 is 0 Å². The van der Waals surface area contributed by atoms with E-state index in [1.54, 1.807) is 0 Å². The minimum atomic E-state index is 0.273. The molecule has 7 heavy (non-hydrogen) atoms. The van der Waals surface area contributed by atoms with Gasteiger partial charge >= 0.3 is 0 Å². The molecule has 1 unspecified atom stereocenters. The molecule has 0 spiro atoms. The summed E-state index contributed by atoms with van der Waals surface area (Å²) in [5.74, 6) is 3.41. The van der Waals surface area contributed by atoms with Crippen LogP contribution in [0.1, 0.15) is 6.42 Å². The van der Waals surface area contributed by atoms with E-state index in [-0.39, 0.29) is 6.61 Å². The molecule has 1 rings (SSSR count). The number of hydrogen-bond acceptors (Lipinski definition) is 1. The van der Waals surface area contributed by atoms with Crippen LogP contribution in [0.4, 0.5) is 0 Å². The van der Waals surface area contributed by atoms with Crippen LogP contribution in [0.15, 0.2) is 0 Å². The highest BCUT2D eigenvalue weighted by Crippen LogP contribution is 2.36. The van der Waals surface area contributed by atoms with Gasteiger partial charge in [0.2, 0.25) is 0 Å². The SMILES string of the molecule is C#CC1C[C@@H]1CO. The molecule has 0 saturated heterocycles. The summed E-state index contributed by atoms with van der Waals surface area (Å²) in [5.41, 5.74) is 0. The van der Waals surface area contributed by atoms with Gasteiger partial charge in [-0.1, -0.05) is 0 Å². The molecule has 1 aliphatic carbocycles. The highest BCUT2D eigenvalue weighted by Gasteiger charge is 2.34. The Balaban J connectivity index is 2.21. The van der Waals surface area contributed by atoms with E-state index in [9.17, 15) is 0 Å². The van der Waals surface area contributed by atoms with Crippen LogP contribution in [-0.4, -0.2) is 11.7 Å². The predicted octanol–water partition coefficient (Wildman–Crippen LogP) is 0.248. The Hall–Kier alpha value is -0.480. The molecule has 0 amide bonds. The smallest absolute Gasteiger partial charge is 0.0471 e. The Bertz CT molecular complexity index is 101. The minimum absolute atomic E-state index is 0.273. The molecule has 1 fully saturated rings. The maximum atomic E-state index is 8.41. The first-order chi connectivity index (χ1) is 3.38. The zero-order valence-electron chi connectivity index (χ0n) is 4.09. The third kappa shape index (κ3) is 0.755. The molecule has 1 aliphatic rings. The van der Waals surface area contributed by atoms with Gasteiger partial charge in [0.05, 0.1) is 0 Å². The van der Waals surface area contributed by atoms with Crippen LogP contribution in [0.3, 0.4) is 0 Å². The Morgan fingerprint density at radius 1 is 1.86 bits per heavy atom. The molecule has 0 aromatic rings. The molecule has 0 bridgehead atoms. The van der Waals surface area contributed by atoms with Gasteiger partial charge < -0.3 is 5.11 Å². The standard InChI is InChI=1S/C6H8O/c1-2-5-3-6(5)4-7/h1,5-7H,3-4H2/t5?,6-/m1/s1. The van der Waals surface area contributed by atoms with Crippen LogP contribution >= 0.6 is 0 Å². The fraction of sp³-hybridized carbons (Fsp3) is 0.667. The van der Waals surface area contributed by atoms with Crippen LogP contribution in [0, 0.1) is 24.2 Å². The second-order valence-electron chi connectivity index (χ2n) is 1.95. The number of rotatable bonds is 1. The molecule has 0 aromatic heterocycles. The van der Waals surface area contributed by atoms with Gasteiger partial charge in [0.25, 0.3) is 0 Å². The Morgan fingerprint density at radius 2 is 2.57 bits per heavy atom. The van der Waals surface area contributed by atoms with Gasteiger partial charge in [-0.2, -0.15) is 0 Å². The number of hydrogen-bond donors (Lipinski definition) is 1. The molecule has 2 atom stereocenters. The lowest BCUT2D eigenvalue weighted by Crippen LogP contribution is -1.84. The monoisotopic (exact) mass is 96.1 g/mol. The molecule has 1 nitrogen and oxygen atoms in total. The van der Waals surface area contributed by atoms with Crippen molar-refractivity contribution in [1.82, 2.24) is 0 Å². The van der Waals surface area contributed by atoms with Gasteiger partial charge in [-0.15, -0.1) is 12.3 Å². The first kappa shape index (κ1) is 4.67. The molecule has 1 N–H and O–H groups in total. The van der Waals surface area contributed by atoms with E-state index in [1.165, 1.54) is 0 Å². The Kier molecular flexibility index (Phi) is 1.04. The Labute approximate surface area is 43.4 Å². The van der Waals surface area contributed by atoms with E-state index in [4.69, 9.17) is 11.5 Å². The van der Waals surface area contributed by atoms with Crippen molar-refractivity contribution < 1.29 is 5.11 Å². The van der Waals surface area contributed by atoms with Gasteiger partial charge in [0, 0.05) is 12.5 Å². The summed E-state index contributed by atoms with van der Waals surface area (Å²) in [4.78, 5) is 0. The lowest BCUT2D eigenvalue weighted by molar-refractivity contribution is 0.273. The normalized spacial score (nSPS) is 37.1. The van der Waals surface area contributed by atoms with Crippen molar-refractivity contribution in [3.8, 4) is 12.3 Å². The second kappa shape index (κ2) is 1.55. The van der Waals surface area contributed by atoms with Gasteiger partial charge in [0.1, 0.15) is 0 Å². The van der Waals surface area contributed by atoms with Crippen LogP contribution in [0.25, 0.3) is 0 Å². The summed E-state index contributed by atoms with van der Waals surface area (Å²) in [5, 5.41) is 8.41. The van der Waals surface area contributed by atoms with E-state index in [0.29, 0.717) is 11.8 Å². The van der Waals surface area contributed by atoms with Crippen LogP contribution in [0.2, 0.25) is 0 Å². The van der Waals surface area contributed by atoms with Gasteiger partial charge in [0.15, 0.2) is 0 Å². The summed E-state index contributed by atoms with van der Waals surface area (Å²) in [6.07, 6.45) is 6.07. The summed E-state index contributed by atoms with van der Waals surface area (Å²) in [6, 6.07) is 0. The van der Waals surface area contributed by atoms with E-state index >= 15 is 0 Å². The lowest BCUT2D eigenvalue weighted by atomic mass is 10.3. The zero-order valence-corrected chi connectivity index (χ0v) is 4.09. The molecule has 0 aliphatic heterocycles. The summed E-state index contributed by atoms with van der Waals surface area (Å²) < 4.78 is 0. The molecule has 0 heterocycles. The quantitative estimate of drug-likeness (QED) is 0.464. The third-order valence-electron chi connectivity index (χ3n) is 1.37. The molecule has 1 saturated carbocycles. The van der Waals surface area contributed by atoms with E-state index in [0.717, 1.165) is 6.42 Å². The zero-order chi connectivity index (χ0) is 5.28. The molecular formula is C6H8O. The maximum absolute atomic E-state index is 8.41. The van der Waals surface area contributed by atoms with E-state index in [1.807, 2.05) is 0 Å².